The fraction of sp³-hybridized carbons (Fsp3) is 0.350. The Morgan fingerprint density at radius 3 is 2.15 bits per heavy atom. The molecule has 144 valence electrons. The zero-order chi connectivity index (χ0) is 19.1. The van der Waals surface area contributed by atoms with Crippen molar-refractivity contribution in [1.82, 2.24) is 10.2 Å². The van der Waals surface area contributed by atoms with E-state index in [4.69, 9.17) is 9.47 Å². The summed E-state index contributed by atoms with van der Waals surface area (Å²) >= 11 is 0. The molecule has 27 heavy (non-hydrogen) atoms. The number of carbonyl (C=O) groups excluding carboxylic acids is 1. The molecule has 0 saturated carbocycles. The average Bonchev–Trinajstić information content (AvgIpc) is 2.70. The van der Waals surface area contributed by atoms with Gasteiger partial charge in [0, 0.05) is 31.9 Å². The van der Waals surface area contributed by atoms with Crippen molar-refractivity contribution in [2.75, 3.05) is 44.4 Å². The Morgan fingerprint density at radius 1 is 0.963 bits per heavy atom. The molecule has 0 radical (unpaired) electrons. The maximum absolute atomic E-state index is 13.0. The summed E-state index contributed by atoms with van der Waals surface area (Å²) in [5.74, 6) is 1.21. The third-order valence-corrected chi connectivity index (χ3v) is 4.36. The largest absolute Gasteiger partial charge is 0.494 e. The highest BCUT2D eigenvalue weighted by atomic mass is 19.1. The van der Waals surface area contributed by atoms with Crippen molar-refractivity contribution < 1.29 is 18.7 Å². The number of piperazine rings is 1. The van der Waals surface area contributed by atoms with Gasteiger partial charge in [0.15, 0.2) is 6.73 Å². The van der Waals surface area contributed by atoms with Gasteiger partial charge < -0.3 is 24.6 Å². The molecule has 0 spiro atoms. The molecule has 1 saturated heterocycles. The van der Waals surface area contributed by atoms with Crippen molar-refractivity contribution in [3.63, 3.8) is 0 Å². The lowest BCUT2D eigenvalue weighted by Gasteiger charge is -2.36. The normalized spacial score (nSPS) is 14.0. The first-order chi connectivity index (χ1) is 13.2. The number of benzene rings is 2. The molecule has 0 aromatic heterocycles. The summed E-state index contributed by atoms with van der Waals surface area (Å²) in [4.78, 5) is 16.2. The molecule has 2 aromatic carbocycles. The van der Waals surface area contributed by atoms with Crippen LogP contribution in [0.5, 0.6) is 11.5 Å². The minimum atomic E-state index is -0.246. The lowest BCUT2D eigenvalue weighted by atomic mass is 10.2. The molecule has 1 N–H and O–H groups in total. The Kier molecular flexibility index (Phi) is 6.35. The van der Waals surface area contributed by atoms with Gasteiger partial charge in [-0.25, -0.2) is 9.18 Å². The Bertz CT molecular complexity index is 729. The second-order valence-electron chi connectivity index (χ2n) is 6.13. The molecule has 1 fully saturated rings. The predicted molar refractivity (Wildman–Crippen MR) is 102 cm³/mol. The van der Waals surface area contributed by atoms with Crippen LogP contribution in [0.4, 0.5) is 14.9 Å². The topological polar surface area (TPSA) is 54.0 Å². The molecule has 2 aromatic rings. The molecule has 2 amide bonds. The number of hydrogen-bond acceptors (Lipinski definition) is 4. The van der Waals surface area contributed by atoms with E-state index in [1.807, 2.05) is 19.1 Å². The number of urea groups is 1. The van der Waals surface area contributed by atoms with E-state index in [1.54, 1.807) is 29.2 Å². The van der Waals surface area contributed by atoms with Gasteiger partial charge in [0.25, 0.3) is 0 Å². The monoisotopic (exact) mass is 373 g/mol. The van der Waals surface area contributed by atoms with Gasteiger partial charge in [-0.2, -0.15) is 0 Å². The highest BCUT2D eigenvalue weighted by Crippen LogP contribution is 2.18. The van der Waals surface area contributed by atoms with E-state index in [2.05, 4.69) is 10.2 Å². The lowest BCUT2D eigenvalue weighted by molar-refractivity contribution is 0.181. The van der Waals surface area contributed by atoms with Crippen molar-refractivity contribution in [2.24, 2.45) is 0 Å². The third-order valence-electron chi connectivity index (χ3n) is 4.36. The number of halogens is 1. The first-order valence-electron chi connectivity index (χ1n) is 9.04. The molecule has 0 unspecified atom stereocenters. The second kappa shape index (κ2) is 9.12. The summed E-state index contributed by atoms with van der Waals surface area (Å²) in [5.41, 5.74) is 0.968. The van der Waals surface area contributed by atoms with Gasteiger partial charge in [-0.15, -0.1) is 0 Å². The van der Waals surface area contributed by atoms with Crippen molar-refractivity contribution in [2.45, 2.75) is 6.92 Å². The lowest BCUT2D eigenvalue weighted by Crippen LogP contribution is -2.52. The standard InChI is InChI=1S/C20H24FN3O3/c1-2-26-18-7-9-19(10-8-18)27-15-22-20(25)24-13-11-23(12-14-24)17-5-3-16(21)4-6-17/h3-10H,2,11-15H2,1H3,(H,22,25). The number of amides is 2. The average molecular weight is 373 g/mol. The number of nitrogens with one attached hydrogen (secondary N) is 1. The highest BCUT2D eigenvalue weighted by Gasteiger charge is 2.21. The summed E-state index contributed by atoms with van der Waals surface area (Å²) in [6.07, 6.45) is 0. The van der Waals surface area contributed by atoms with Crippen LogP contribution in [0.15, 0.2) is 48.5 Å². The second-order valence-corrected chi connectivity index (χ2v) is 6.13. The Labute approximate surface area is 158 Å². The first-order valence-corrected chi connectivity index (χ1v) is 9.04. The van der Waals surface area contributed by atoms with E-state index in [-0.39, 0.29) is 18.6 Å². The quantitative estimate of drug-likeness (QED) is 0.791. The Hall–Kier alpha value is -2.96. The molecular weight excluding hydrogens is 349 g/mol. The molecule has 0 atom stereocenters. The zero-order valence-corrected chi connectivity index (χ0v) is 15.4. The summed E-state index contributed by atoms with van der Waals surface area (Å²) in [6, 6.07) is 13.5. The van der Waals surface area contributed by atoms with Gasteiger partial charge in [0.05, 0.1) is 6.61 Å². The van der Waals surface area contributed by atoms with Crippen LogP contribution in [0.3, 0.4) is 0 Å². The SMILES string of the molecule is CCOc1ccc(OCNC(=O)N2CCN(c3ccc(F)cc3)CC2)cc1. The van der Waals surface area contributed by atoms with Crippen molar-refractivity contribution >= 4 is 11.7 Å². The van der Waals surface area contributed by atoms with Crippen LogP contribution in [0, 0.1) is 5.82 Å². The molecule has 7 heteroatoms. The van der Waals surface area contributed by atoms with E-state index in [0.717, 1.165) is 11.4 Å². The van der Waals surface area contributed by atoms with E-state index < -0.39 is 0 Å². The fourth-order valence-corrected chi connectivity index (χ4v) is 2.91. The maximum atomic E-state index is 13.0. The van der Waals surface area contributed by atoms with Crippen molar-refractivity contribution in [3.8, 4) is 11.5 Å². The number of carbonyl (C=O) groups is 1. The van der Waals surface area contributed by atoms with Gasteiger partial charge in [-0.1, -0.05) is 0 Å². The van der Waals surface area contributed by atoms with Crippen LogP contribution in [0.25, 0.3) is 0 Å². The third kappa shape index (κ3) is 5.26. The van der Waals surface area contributed by atoms with Gasteiger partial charge in [-0.3, -0.25) is 0 Å². The number of ether oxygens (including phenoxy) is 2. The van der Waals surface area contributed by atoms with E-state index in [9.17, 15) is 9.18 Å². The molecule has 1 aliphatic rings. The van der Waals surface area contributed by atoms with Crippen LogP contribution < -0.4 is 19.7 Å². The Morgan fingerprint density at radius 2 is 1.56 bits per heavy atom. The van der Waals surface area contributed by atoms with Gasteiger partial charge in [-0.05, 0) is 55.5 Å². The van der Waals surface area contributed by atoms with Gasteiger partial charge in [0.1, 0.15) is 17.3 Å². The molecule has 1 heterocycles. The number of anilines is 1. The van der Waals surface area contributed by atoms with E-state index in [0.29, 0.717) is 38.5 Å². The van der Waals surface area contributed by atoms with Crippen molar-refractivity contribution in [1.29, 1.82) is 0 Å². The van der Waals surface area contributed by atoms with Crippen molar-refractivity contribution in [3.05, 3.63) is 54.3 Å². The molecule has 0 aliphatic carbocycles. The van der Waals surface area contributed by atoms with Crippen LogP contribution in [0.1, 0.15) is 6.92 Å². The summed E-state index contributed by atoms with van der Waals surface area (Å²) in [6.45, 7) is 5.27. The van der Waals surface area contributed by atoms with Crippen LogP contribution in [-0.2, 0) is 0 Å². The van der Waals surface area contributed by atoms with Gasteiger partial charge >= 0.3 is 6.03 Å². The Balaban J connectivity index is 1.39. The molecule has 0 bridgehead atoms. The summed E-state index contributed by atoms with van der Waals surface area (Å²) in [7, 11) is 0. The molecular formula is C20H24FN3O3. The maximum Gasteiger partial charge on any atom is 0.320 e. The van der Waals surface area contributed by atoms with Gasteiger partial charge in [0.2, 0.25) is 0 Å². The summed E-state index contributed by atoms with van der Waals surface area (Å²) in [5, 5.41) is 2.77. The van der Waals surface area contributed by atoms with Crippen LogP contribution >= 0.6 is 0 Å². The number of nitrogens with zero attached hydrogens (tertiary/aromatic N) is 2. The highest BCUT2D eigenvalue weighted by molar-refractivity contribution is 5.74. The number of rotatable bonds is 6. The minimum Gasteiger partial charge on any atom is -0.494 e. The first kappa shape index (κ1) is 18.8. The van der Waals surface area contributed by atoms with E-state index >= 15 is 0 Å². The smallest absolute Gasteiger partial charge is 0.320 e. The molecule has 1 aliphatic heterocycles. The van der Waals surface area contributed by atoms with Crippen LogP contribution in [-0.4, -0.2) is 50.4 Å². The minimum absolute atomic E-state index is 0.102. The number of hydrogen-bond donors (Lipinski definition) is 1. The summed E-state index contributed by atoms with van der Waals surface area (Å²) < 4.78 is 23.9. The zero-order valence-electron chi connectivity index (χ0n) is 15.4. The van der Waals surface area contributed by atoms with E-state index in [1.165, 1.54) is 12.1 Å². The fourth-order valence-electron chi connectivity index (χ4n) is 2.91. The molecule has 3 rings (SSSR count). The molecule has 6 nitrogen and oxygen atoms in total. The van der Waals surface area contributed by atoms with Crippen LogP contribution in [0.2, 0.25) is 0 Å². The predicted octanol–water partition coefficient (Wildman–Crippen LogP) is 3.09.